The third kappa shape index (κ3) is 4.86. The second-order valence-corrected chi connectivity index (χ2v) is 10.9. The number of carbonyl (C=O) groups excluding carboxylic acids is 1. The van der Waals surface area contributed by atoms with Crippen LogP contribution in [0.5, 0.6) is 5.88 Å². The second kappa shape index (κ2) is 9.65. The van der Waals surface area contributed by atoms with Crippen LogP contribution in [0.15, 0.2) is 54.2 Å². The van der Waals surface area contributed by atoms with Gasteiger partial charge in [0.05, 0.1) is 10.6 Å². The van der Waals surface area contributed by atoms with Crippen molar-refractivity contribution < 1.29 is 17.9 Å². The Balaban J connectivity index is 1.24. The fourth-order valence-electron chi connectivity index (χ4n) is 4.61. The first-order chi connectivity index (χ1) is 16.9. The molecule has 35 heavy (non-hydrogen) atoms. The van der Waals surface area contributed by atoms with Gasteiger partial charge in [0, 0.05) is 56.6 Å². The van der Waals surface area contributed by atoms with E-state index in [1.165, 1.54) is 17.2 Å². The minimum Gasteiger partial charge on any atom is -0.474 e. The number of imidazole rings is 1. The summed E-state index contributed by atoms with van der Waals surface area (Å²) in [6.45, 7) is 3.77. The number of fused-ring (bicyclic) bond motifs is 1. The van der Waals surface area contributed by atoms with Crippen LogP contribution in [0.25, 0.3) is 0 Å². The summed E-state index contributed by atoms with van der Waals surface area (Å²) in [6.07, 6.45) is 8.95. The molecule has 1 amide bonds. The number of likely N-dealkylation sites (tertiary alicyclic amines) is 1. The van der Waals surface area contributed by atoms with Crippen molar-refractivity contribution in [2.45, 2.75) is 43.6 Å². The monoisotopic (exact) mass is 496 g/mol. The number of hydrogen-bond donors (Lipinski definition) is 0. The third-order valence-electron chi connectivity index (χ3n) is 6.41. The Morgan fingerprint density at radius 3 is 2.71 bits per heavy atom. The first-order valence-electron chi connectivity index (χ1n) is 11.8. The number of nitrogens with zero attached hydrogens (tertiary/aromatic N) is 6. The molecule has 2 aliphatic rings. The van der Waals surface area contributed by atoms with Gasteiger partial charge in [-0.3, -0.25) is 4.57 Å². The summed E-state index contributed by atoms with van der Waals surface area (Å²) in [5.41, 5.74) is 1.95. The maximum absolute atomic E-state index is 12.5. The quantitative estimate of drug-likeness (QED) is 0.512. The number of sulfone groups is 1. The molecule has 0 bridgehead atoms. The summed E-state index contributed by atoms with van der Waals surface area (Å²) >= 11 is 0. The molecule has 184 valence electrons. The van der Waals surface area contributed by atoms with Crippen molar-refractivity contribution in [2.75, 3.05) is 30.3 Å². The van der Waals surface area contributed by atoms with E-state index in [-0.39, 0.29) is 17.9 Å². The van der Waals surface area contributed by atoms with Crippen molar-refractivity contribution in [3.63, 3.8) is 0 Å². The van der Waals surface area contributed by atoms with Crippen LogP contribution in [0.1, 0.15) is 31.7 Å². The molecule has 0 atom stereocenters. The summed E-state index contributed by atoms with van der Waals surface area (Å²) in [4.78, 5) is 29.4. The molecule has 0 aliphatic carbocycles. The average Bonchev–Trinajstić information content (AvgIpc) is 3.54. The van der Waals surface area contributed by atoms with E-state index >= 15 is 0 Å². The minimum absolute atomic E-state index is 0.0400. The zero-order valence-corrected chi connectivity index (χ0v) is 20.4. The van der Waals surface area contributed by atoms with Gasteiger partial charge < -0.3 is 14.5 Å². The van der Waals surface area contributed by atoms with Gasteiger partial charge in [-0.25, -0.2) is 28.2 Å². The molecule has 0 spiro atoms. The summed E-state index contributed by atoms with van der Waals surface area (Å²) in [5.74, 6) is 1.36. The first kappa shape index (κ1) is 23.3. The predicted molar refractivity (Wildman–Crippen MR) is 130 cm³/mol. The second-order valence-electron chi connectivity index (χ2n) is 8.78. The van der Waals surface area contributed by atoms with E-state index in [0.29, 0.717) is 55.5 Å². The highest BCUT2D eigenvalue weighted by Crippen LogP contribution is 2.36. The highest BCUT2D eigenvalue weighted by molar-refractivity contribution is 7.91. The fraction of sp³-hybridized carbons (Fsp3) is 0.417. The zero-order chi connectivity index (χ0) is 24.4. The van der Waals surface area contributed by atoms with E-state index in [2.05, 4.69) is 19.9 Å². The van der Waals surface area contributed by atoms with Gasteiger partial charge in [-0.15, -0.1) is 0 Å². The van der Waals surface area contributed by atoms with Gasteiger partial charge in [0.2, 0.25) is 5.88 Å². The van der Waals surface area contributed by atoms with Crippen LogP contribution >= 0.6 is 0 Å². The molecule has 2 aliphatic heterocycles. The number of carbonyl (C=O) groups is 1. The molecule has 3 aromatic rings. The normalized spacial score (nSPS) is 16.4. The van der Waals surface area contributed by atoms with Crippen molar-refractivity contribution in [1.82, 2.24) is 24.4 Å². The van der Waals surface area contributed by atoms with Gasteiger partial charge in [-0.1, -0.05) is 6.92 Å². The Kier molecular flexibility index (Phi) is 6.42. The van der Waals surface area contributed by atoms with Gasteiger partial charge in [0.15, 0.2) is 9.84 Å². The van der Waals surface area contributed by atoms with Crippen LogP contribution in [-0.2, 0) is 16.3 Å². The molecule has 0 radical (unpaired) electrons. The Morgan fingerprint density at radius 1 is 1.14 bits per heavy atom. The molecule has 1 aromatic carbocycles. The SMILES string of the molecule is CCCS(=O)(=O)c1ccc2c(c1)CCN2c1cc(OC2CCN(C(=O)n3ccnc3)CC2)ncn1. The Bertz CT molecular complexity index is 1300. The Morgan fingerprint density at radius 2 is 1.97 bits per heavy atom. The highest BCUT2D eigenvalue weighted by Gasteiger charge is 2.27. The van der Waals surface area contributed by atoms with E-state index in [4.69, 9.17) is 4.74 Å². The molecular formula is C24H28N6O4S. The summed E-state index contributed by atoms with van der Waals surface area (Å²) < 4.78 is 32.5. The lowest BCUT2D eigenvalue weighted by Gasteiger charge is -2.31. The molecule has 2 aromatic heterocycles. The molecule has 0 N–H and O–H groups in total. The van der Waals surface area contributed by atoms with Gasteiger partial charge in [0.25, 0.3) is 0 Å². The third-order valence-corrected chi connectivity index (χ3v) is 8.33. The molecule has 0 saturated carbocycles. The predicted octanol–water partition coefficient (Wildman–Crippen LogP) is 3.06. The number of amides is 1. The van der Waals surface area contributed by atoms with Crippen molar-refractivity contribution in [2.24, 2.45) is 0 Å². The first-order valence-corrected chi connectivity index (χ1v) is 13.5. The molecule has 4 heterocycles. The maximum Gasteiger partial charge on any atom is 0.329 e. The standard InChI is InChI=1S/C24H28N6O4S/c1-2-13-35(32,33)20-3-4-21-18(14-20)5-11-30(21)22-15-23(27-16-26-22)34-19-6-9-28(10-7-19)24(31)29-12-8-25-17-29/h3-4,8,12,14-17,19H,2,5-7,9-11,13H2,1H3. The number of ether oxygens (including phenoxy) is 1. The number of rotatable bonds is 6. The summed E-state index contributed by atoms with van der Waals surface area (Å²) in [5, 5.41) is 0. The van der Waals surface area contributed by atoms with Gasteiger partial charge >= 0.3 is 6.03 Å². The lowest BCUT2D eigenvalue weighted by molar-refractivity contribution is 0.108. The van der Waals surface area contributed by atoms with Gasteiger partial charge in [-0.05, 0) is 36.6 Å². The topological polar surface area (TPSA) is 111 Å². The smallest absolute Gasteiger partial charge is 0.329 e. The van der Waals surface area contributed by atoms with Crippen LogP contribution in [0.4, 0.5) is 16.3 Å². The lowest BCUT2D eigenvalue weighted by atomic mass is 10.1. The zero-order valence-electron chi connectivity index (χ0n) is 19.6. The van der Waals surface area contributed by atoms with Gasteiger partial charge in [-0.2, -0.15) is 0 Å². The molecule has 0 unspecified atom stereocenters. The van der Waals surface area contributed by atoms with Crippen LogP contribution in [0.3, 0.4) is 0 Å². The molecular weight excluding hydrogens is 468 g/mol. The van der Waals surface area contributed by atoms with Crippen molar-refractivity contribution >= 4 is 27.4 Å². The Hall–Kier alpha value is -3.47. The molecule has 10 nitrogen and oxygen atoms in total. The number of hydrogen-bond acceptors (Lipinski definition) is 8. The van der Waals surface area contributed by atoms with Crippen LogP contribution in [0, 0.1) is 0 Å². The van der Waals surface area contributed by atoms with Crippen LogP contribution < -0.4 is 9.64 Å². The number of aromatic nitrogens is 4. The van der Waals surface area contributed by atoms with E-state index < -0.39 is 9.84 Å². The van der Waals surface area contributed by atoms with Crippen LogP contribution in [-0.4, -0.2) is 70.4 Å². The van der Waals surface area contributed by atoms with E-state index in [1.54, 1.807) is 29.4 Å². The van der Waals surface area contributed by atoms with Crippen molar-refractivity contribution in [3.05, 3.63) is 54.9 Å². The van der Waals surface area contributed by atoms with Gasteiger partial charge in [0.1, 0.15) is 24.6 Å². The summed E-state index contributed by atoms with van der Waals surface area (Å²) in [6, 6.07) is 7.07. The maximum atomic E-state index is 12.5. The Labute approximate surface area is 204 Å². The minimum atomic E-state index is -3.25. The van der Waals surface area contributed by atoms with E-state index in [1.807, 2.05) is 19.1 Å². The molecule has 1 fully saturated rings. The number of anilines is 2. The summed E-state index contributed by atoms with van der Waals surface area (Å²) in [7, 11) is -3.25. The molecule has 5 rings (SSSR count). The van der Waals surface area contributed by atoms with Crippen molar-refractivity contribution in [3.8, 4) is 5.88 Å². The van der Waals surface area contributed by atoms with Crippen molar-refractivity contribution in [1.29, 1.82) is 0 Å². The largest absolute Gasteiger partial charge is 0.474 e. The van der Waals surface area contributed by atoms with E-state index in [0.717, 1.165) is 17.7 Å². The molecule has 11 heteroatoms. The van der Waals surface area contributed by atoms with Crippen LogP contribution in [0.2, 0.25) is 0 Å². The number of piperidine rings is 1. The molecule has 1 saturated heterocycles. The van der Waals surface area contributed by atoms with E-state index in [9.17, 15) is 13.2 Å². The highest BCUT2D eigenvalue weighted by atomic mass is 32.2. The fourth-order valence-corrected chi connectivity index (χ4v) is 5.98. The lowest BCUT2D eigenvalue weighted by Crippen LogP contribution is -2.43. The number of benzene rings is 1. The average molecular weight is 497 g/mol.